The van der Waals surface area contributed by atoms with Crippen molar-refractivity contribution in [3.05, 3.63) is 30.1 Å². The molecule has 1 aliphatic rings. The average molecular weight is 249 g/mol. The van der Waals surface area contributed by atoms with Crippen molar-refractivity contribution in [2.45, 2.75) is 32.6 Å². The maximum Gasteiger partial charge on any atom is 0.136 e. The molecule has 0 amide bonds. The normalized spacial score (nSPS) is 19.2. The highest BCUT2D eigenvalue weighted by atomic mass is 19.1. The number of carbonyl (C=O) groups excluding carboxylic acids is 1. The van der Waals surface area contributed by atoms with Crippen LogP contribution < -0.4 is 4.90 Å². The molecule has 1 atom stereocenters. The van der Waals surface area contributed by atoms with Crippen molar-refractivity contribution in [2.75, 3.05) is 18.0 Å². The number of halogens is 1. The van der Waals surface area contributed by atoms with Crippen LogP contribution >= 0.6 is 0 Å². The first kappa shape index (κ1) is 13.1. The van der Waals surface area contributed by atoms with Crippen LogP contribution in [0.25, 0.3) is 0 Å². The zero-order chi connectivity index (χ0) is 13.0. The van der Waals surface area contributed by atoms with Gasteiger partial charge in [-0.2, -0.15) is 0 Å². The highest BCUT2D eigenvalue weighted by Gasteiger charge is 2.24. The van der Waals surface area contributed by atoms with Crippen LogP contribution in [0.15, 0.2) is 24.3 Å². The van der Waals surface area contributed by atoms with E-state index in [1.807, 2.05) is 6.07 Å². The number of hydrogen-bond donors (Lipinski definition) is 0. The van der Waals surface area contributed by atoms with Crippen LogP contribution in [0.5, 0.6) is 0 Å². The molecule has 0 radical (unpaired) electrons. The van der Waals surface area contributed by atoms with Crippen LogP contribution in [0.2, 0.25) is 0 Å². The van der Waals surface area contributed by atoms with Crippen molar-refractivity contribution in [3.63, 3.8) is 0 Å². The molecule has 0 aliphatic heterocycles. The van der Waals surface area contributed by atoms with Crippen LogP contribution in [0, 0.1) is 11.7 Å². The lowest BCUT2D eigenvalue weighted by molar-refractivity contribution is -0.120. The third-order valence-electron chi connectivity index (χ3n) is 3.73. The summed E-state index contributed by atoms with van der Waals surface area (Å²) in [6.45, 7) is 3.72. The predicted octanol–water partition coefficient (Wildman–Crippen LogP) is 3.41. The number of rotatable bonds is 5. The summed E-state index contributed by atoms with van der Waals surface area (Å²) >= 11 is 0. The van der Waals surface area contributed by atoms with Gasteiger partial charge in [0.2, 0.25) is 0 Å². The van der Waals surface area contributed by atoms with E-state index in [9.17, 15) is 9.18 Å². The molecule has 1 aromatic carbocycles. The van der Waals surface area contributed by atoms with E-state index in [0.29, 0.717) is 5.78 Å². The fraction of sp³-hybridized carbons (Fsp3) is 0.533. The van der Waals surface area contributed by atoms with Gasteiger partial charge in [0, 0.05) is 31.1 Å². The third kappa shape index (κ3) is 3.09. The first-order chi connectivity index (χ1) is 8.70. The Morgan fingerprint density at radius 1 is 1.44 bits per heavy atom. The van der Waals surface area contributed by atoms with E-state index in [-0.39, 0.29) is 11.7 Å². The molecule has 1 saturated carbocycles. The summed E-state index contributed by atoms with van der Waals surface area (Å²) < 4.78 is 13.2. The van der Waals surface area contributed by atoms with E-state index in [1.165, 1.54) is 6.07 Å². The molecule has 0 aromatic heterocycles. The molecule has 0 heterocycles. The van der Waals surface area contributed by atoms with E-state index in [2.05, 4.69) is 11.8 Å². The van der Waals surface area contributed by atoms with Gasteiger partial charge in [-0.3, -0.25) is 4.79 Å². The lowest BCUT2D eigenvalue weighted by atomic mass is 10.0. The third-order valence-corrected chi connectivity index (χ3v) is 3.73. The van der Waals surface area contributed by atoms with Gasteiger partial charge < -0.3 is 4.90 Å². The minimum Gasteiger partial charge on any atom is -0.372 e. The summed E-state index contributed by atoms with van der Waals surface area (Å²) in [5, 5.41) is 0. The minimum absolute atomic E-state index is 0.206. The lowest BCUT2D eigenvalue weighted by Crippen LogP contribution is -2.26. The molecule has 18 heavy (non-hydrogen) atoms. The zero-order valence-corrected chi connectivity index (χ0v) is 10.9. The summed E-state index contributed by atoms with van der Waals surface area (Å²) in [5.74, 6) is 0.431. The Bertz CT molecular complexity index is 419. The van der Waals surface area contributed by atoms with Gasteiger partial charge in [0.05, 0.1) is 0 Å². The molecule has 2 nitrogen and oxygen atoms in total. The molecular weight excluding hydrogens is 229 g/mol. The average Bonchev–Trinajstić information content (AvgIpc) is 2.76. The maximum absolute atomic E-state index is 13.2. The molecular formula is C15H20FNO. The summed E-state index contributed by atoms with van der Waals surface area (Å²) in [6, 6.07) is 6.66. The Morgan fingerprint density at radius 3 is 2.89 bits per heavy atom. The molecule has 1 unspecified atom stereocenters. The van der Waals surface area contributed by atoms with Gasteiger partial charge in [0.1, 0.15) is 11.6 Å². The smallest absolute Gasteiger partial charge is 0.136 e. The zero-order valence-electron chi connectivity index (χ0n) is 10.9. The fourth-order valence-electron chi connectivity index (χ4n) is 2.65. The highest BCUT2D eigenvalue weighted by Crippen LogP contribution is 2.25. The van der Waals surface area contributed by atoms with Crippen molar-refractivity contribution in [2.24, 2.45) is 5.92 Å². The van der Waals surface area contributed by atoms with Gasteiger partial charge in [0.25, 0.3) is 0 Å². The molecule has 0 bridgehead atoms. The minimum atomic E-state index is -0.206. The van der Waals surface area contributed by atoms with E-state index in [1.54, 1.807) is 12.1 Å². The van der Waals surface area contributed by atoms with Gasteiger partial charge in [-0.1, -0.05) is 6.07 Å². The van der Waals surface area contributed by atoms with Crippen molar-refractivity contribution in [3.8, 4) is 0 Å². The second-order valence-corrected chi connectivity index (χ2v) is 4.90. The van der Waals surface area contributed by atoms with E-state index in [4.69, 9.17) is 0 Å². The van der Waals surface area contributed by atoms with Gasteiger partial charge in [-0.15, -0.1) is 0 Å². The van der Waals surface area contributed by atoms with Crippen LogP contribution in [-0.4, -0.2) is 18.9 Å². The SMILES string of the molecule is CCN(CCC1CCCC1=O)c1cccc(F)c1. The summed E-state index contributed by atoms with van der Waals surface area (Å²) in [6.07, 6.45) is 3.70. The number of anilines is 1. The quantitative estimate of drug-likeness (QED) is 0.797. The Hall–Kier alpha value is -1.38. The van der Waals surface area contributed by atoms with E-state index in [0.717, 1.165) is 44.5 Å². The van der Waals surface area contributed by atoms with Crippen LogP contribution in [0.4, 0.5) is 10.1 Å². The first-order valence-corrected chi connectivity index (χ1v) is 6.74. The van der Waals surface area contributed by atoms with Crippen molar-refractivity contribution in [1.82, 2.24) is 0 Å². The van der Waals surface area contributed by atoms with Crippen molar-refractivity contribution >= 4 is 11.5 Å². The highest BCUT2D eigenvalue weighted by molar-refractivity contribution is 5.82. The molecule has 0 saturated heterocycles. The largest absolute Gasteiger partial charge is 0.372 e. The molecule has 2 rings (SSSR count). The number of nitrogens with zero attached hydrogens (tertiary/aromatic N) is 1. The molecule has 1 fully saturated rings. The van der Waals surface area contributed by atoms with E-state index >= 15 is 0 Å². The fourth-order valence-corrected chi connectivity index (χ4v) is 2.65. The summed E-state index contributed by atoms with van der Waals surface area (Å²) in [5.41, 5.74) is 0.906. The number of Topliss-reactive ketones (excluding diaryl/α,β-unsaturated/α-hetero) is 1. The van der Waals surface area contributed by atoms with Crippen molar-refractivity contribution < 1.29 is 9.18 Å². The van der Waals surface area contributed by atoms with Gasteiger partial charge in [0.15, 0.2) is 0 Å². The first-order valence-electron chi connectivity index (χ1n) is 6.74. The molecule has 3 heteroatoms. The molecule has 98 valence electrons. The lowest BCUT2D eigenvalue weighted by Gasteiger charge is -2.24. The Kier molecular flexibility index (Phi) is 4.34. The van der Waals surface area contributed by atoms with Gasteiger partial charge in [-0.25, -0.2) is 4.39 Å². The Labute approximate surface area is 108 Å². The summed E-state index contributed by atoms with van der Waals surface area (Å²) in [4.78, 5) is 13.7. The van der Waals surface area contributed by atoms with E-state index < -0.39 is 0 Å². The number of carbonyl (C=O) groups is 1. The van der Waals surface area contributed by atoms with Gasteiger partial charge >= 0.3 is 0 Å². The number of benzene rings is 1. The predicted molar refractivity (Wildman–Crippen MR) is 71.3 cm³/mol. The Morgan fingerprint density at radius 2 is 2.28 bits per heavy atom. The van der Waals surface area contributed by atoms with Crippen molar-refractivity contribution in [1.29, 1.82) is 0 Å². The Balaban J connectivity index is 1.95. The standard InChI is InChI=1S/C15H20FNO/c1-2-17(14-7-4-6-13(16)11-14)10-9-12-5-3-8-15(12)18/h4,6-7,11-12H,2-3,5,8-10H2,1H3. The molecule has 1 aliphatic carbocycles. The molecule has 0 N–H and O–H groups in total. The van der Waals surface area contributed by atoms with Crippen LogP contribution in [-0.2, 0) is 4.79 Å². The molecule has 0 spiro atoms. The maximum atomic E-state index is 13.2. The van der Waals surface area contributed by atoms with Crippen LogP contribution in [0.1, 0.15) is 32.6 Å². The molecule has 1 aromatic rings. The second-order valence-electron chi connectivity index (χ2n) is 4.90. The monoisotopic (exact) mass is 249 g/mol. The second kappa shape index (κ2) is 5.98. The van der Waals surface area contributed by atoms with Gasteiger partial charge in [-0.05, 0) is 44.4 Å². The van der Waals surface area contributed by atoms with Crippen LogP contribution in [0.3, 0.4) is 0 Å². The topological polar surface area (TPSA) is 20.3 Å². The number of ketones is 1. The summed E-state index contributed by atoms with van der Waals surface area (Å²) in [7, 11) is 0. The number of hydrogen-bond acceptors (Lipinski definition) is 2.